The molecule has 148 valence electrons. The van der Waals surface area contributed by atoms with E-state index in [-0.39, 0.29) is 6.61 Å². The summed E-state index contributed by atoms with van der Waals surface area (Å²) >= 11 is 5.81. The average Bonchev–Trinajstić information content (AvgIpc) is 2.69. The van der Waals surface area contributed by atoms with Gasteiger partial charge in [0.1, 0.15) is 5.75 Å². The summed E-state index contributed by atoms with van der Waals surface area (Å²) in [5.74, 6) is -1.21. The van der Waals surface area contributed by atoms with Crippen LogP contribution in [0.2, 0.25) is 5.02 Å². The Labute approximate surface area is 167 Å². The molecule has 0 fully saturated rings. The number of carbonyl (C=O) groups is 3. The fraction of sp³-hybridized carbons (Fsp3) is 0.250. The van der Waals surface area contributed by atoms with Crippen molar-refractivity contribution in [1.29, 1.82) is 0 Å². The van der Waals surface area contributed by atoms with E-state index in [2.05, 4.69) is 5.32 Å². The fourth-order valence-electron chi connectivity index (χ4n) is 2.05. The van der Waals surface area contributed by atoms with Crippen LogP contribution in [0.25, 0.3) is 0 Å². The quantitative estimate of drug-likeness (QED) is 0.642. The van der Waals surface area contributed by atoms with E-state index >= 15 is 0 Å². The minimum Gasteiger partial charge on any atom is -0.482 e. The Hall–Kier alpha value is -3.06. The van der Waals surface area contributed by atoms with Crippen molar-refractivity contribution >= 4 is 35.1 Å². The zero-order valence-electron chi connectivity index (χ0n) is 15.3. The van der Waals surface area contributed by atoms with Crippen LogP contribution in [0.1, 0.15) is 23.7 Å². The van der Waals surface area contributed by atoms with Gasteiger partial charge in [0.2, 0.25) is 0 Å². The number of halogens is 1. The number of amides is 1. The van der Waals surface area contributed by atoms with Crippen LogP contribution in [0.4, 0.5) is 5.69 Å². The van der Waals surface area contributed by atoms with Gasteiger partial charge in [0.15, 0.2) is 13.2 Å². The first-order chi connectivity index (χ1) is 13.5. The van der Waals surface area contributed by atoms with Crippen molar-refractivity contribution in [2.45, 2.75) is 13.3 Å². The largest absolute Gasteiger partial charge is 0.482 e. The van der Waals surface area contributed by atoms with Gasteiger partial charge in [-0.15, -0.1) is 0 Å². The lowest BCUT2D eigenvalue weighted by Crippen LogP contribution is -2.23. The predicted molar refractivity (Wildman–Crippen MR) is 104 cm³/mol. The van der Waals surface area contributed by atoms with E-state index in [9.17, 15) is 14.4 Å². The molecular formula is C20H20ClNO6. The molecule has 1 N–H and O–H groups in total. The van der Waals surface area contributed by atoms with E-state index in [4.69, 9.17) is 25.8 Å². The molecule has 0 heterocycles. The average molecular weight is 406 g/mol. The lowest BCUT2D eigenvalue weighted by Gasteiger charge is -2.08. The normalized spacial score (nSPS) is 10.1. The van der Waals surface area contributed by atoms with Crippen molar-refractivity contribution in [2.24, 2.45) is 0 Å². The number of nitrogens with one attached hydrogen (secondary N) is 1. The molecule has 0 aliphatic heterocycles. The Morgan fingerprint density at radius 2 is 1.75 bits per heavy atom. The summed E-state index contributed by atoms with van der Waals surface area (Å²) in [7, 11) is 0. The van der Waals surface area contributed by atoms with Crippen molar-refractivity contribution in [3.05, 3.63) is 59.1 Å². The second-order valence-corrected chi connectivity index (χ2v) is 6.10. The van der Waals surface area contributed by atoms with E-state index in [0.717, 1.165) is 6.42 Å². The standard InChI is InChI=1S/C20H20ClNO6/c1-2-10-26-20(25)14-6-8-16(9-7-14)22-18(23)12-28-19(24)13-27-17-5-3-4-15(21)11-17/h3-9,11H,2,10,12-13H2,1H3,(H,22,23). The van der Waals surface area contributed by atoms with Crippen molar-refractivity contribution < 1.29 is 28.6 Å². The maximum Gasteiger partial charge on any atom is 0.344 e. The molecule has 2 rings (SSSR count). The molecule has 0 unspecified atom stereocenters. The first-order valence-corrected chi connectivity index (χ1v) is 8.96. The van der Waals surface area contributed by atoms with Gasteiger partial charge in [-0.05, 0) is 48.9 Å². The summed E-state index contributed by atoms with van der Waals surface area (Å²) in [6.07, 6.45) is 0.739. The van der Waals surface area contributed by atoms with Crippen molar-refractivity contribution in [1.82, 2.24) is 0 Å². The van der Waals surface area contributed by atoms with E-state index in [1.165, 1.54) is 0 Å². The van der Waals surface area contributed by atoms with Crippen LogP contribution in [0.3, 0.4) is 0 Å². The minimum atomic E-state index is -0.691. The fourth-order valence-corrected chi connectivity index (χ4v) is 2.23. The molecule has 0 aliphatic rings. The van der Waals surface area contributed by atoms with Gasteiger partial charge in [0.25, 0.3) is 5.91 Å². The highest BCUT2D eigenvalue weighted by Gasteiger charge is 2.10. The smallest absolute Gasteiger partial charge is 0.344 e. The topological polar surface area (TPSA) is 90.9 Å². The van der Waals surface area contributed by atoms with Gasteiger partial charge in [0, 0.05) is 10.7 Å². The van der Waals surface area contributed by atoms with E-state index < -0.39 is 24.5 Å². The van der Waals surface area contributed by atoms with E-state index in [1.54, 1.807) is 48.5 Å². The van der Waals surface area contributed by atoms with Crippen LogP contribution < -0.4 is 10.1 Å². The van der Waals surface area contributed by atoms with E-state index in [1.807, 2.05) is 6.92 Å². The molecule has 2 aromatic rings. The molecular weight excluding hydrogens is 386 g/mol. The first kappa shape index (κ1) is 21.2. The van der Waals surface area contributed by atoms with Crippen LogP contribution in [0.15, 0.2) is 48.5 Å². The summed E-state index contributed by atoms with van der Waals surface area (Å²) in [6, 6.07) is 12.8. The Bertz CT molecular complexity index is 822. The zero-order valence-corrected chi connectivity index (χ0v) is 16.0. The molecule has 0 radical (unpaired) electrons. The SMILES string of the molecule is CCCOC(=O)c1ccc(NC(=O)COC(=O)COc2cccc(Cl)c2)cc1. The van der Waals surface area contributed by atoms with Crippen molar-refractivity contribution in [3.63, 3.8) is 0 Å². The molecule has 0 aliphatic carbocycles. The van der Waals surface area contributed by atoms with E-state index in [0.29, 0.717) is 28.6 Å². The number of benzene rings is 2. The van der Waals surface area contributed by atoms with Crippen molar-refractivity contribution in [2.75, 3.05) is 25.1 Å². The number of ether oxygens (including phenoxy) is 3. The third-order valence-corrected chi connectivity index (χ3v) is 3.59. The monoisotopic (exact) mass is 405 g/mol. The molecule has 0 atom stereocenters. The molecule has 0 saturated carbocycles. The lowest BCUT2D eigenvalue weighted by molar-refractivity contribution is -0.149. The van der Waals surface area contributed by atoms with Gasteiger partial charge in [-0.1, -0.05) is 24.6 Å². The number of hydrogen-bond acceptors (Lipinski definition) is 6. The second-order valence-electron chi connectivity index (χ2n) is 5.67. The Morgan fingerprint density at radius 3 is 2.43 bits per heavy atom. The second kappa shape index (κ2) is 10.9. The summed E-state index contributed by atoms with van der Waals surface area (Å²) in [4.78, 5) is 35.2. The summed E-state index contributed by atoms with van der Waals surface area (Å²) in [5.41, 5.74) is 0.847. The van der Waals surface area contributed by atoms with Gasteiger partial charge in [-0.25, -0.2) is 9.59 Å². The number of hydrogen-bond donors (Lipinski definition) is 1. The Balaban J connectivity index is 1.72. The molecule has 8 heteroatoms. The number of esters is 2. The Kier molecular flexibility index (Phi) is 8.30. The minimum absolute atomic E-state index is 0.345. The summed E-state index contributed by atoms with van der Waals surface area (Å²) in [5, 5.41) is 3.04. The van der Waals surface area contributed by atoms with Gasteiger partial charge in [0.05, 0.1) is 12.2 Å². The lowest BCUT2D eigenvalue weighted by atomic mass is 10.2. The first-order valence-electron chi connectivity index (χ1n) is 8.59. The maximum absolute atomic E-state index is 11.9. The molecule has 0 saturated heterocycles. The maximum atomic E-state index is 11.9. The van der Waals surface area contributed by atoms with Gasteiger partial charge >= 0.3 is 11.9 Å². The summed E-state index contributed by atoms with van der Waals surface area (Å²) in [6.45, 7) is 1.45. The third-order valence-electron chi connectivity index (χ3n) is 3.36. The molecule has 0 bridgehead atoms. The van der Waals surface area contributed by atoms with Gasteiger partial charge in [-0.2, -0.15) is 0 Å². The summed E-state index contributed by atoms with van der Waals surface area (Å²) < 4.78 is 15.1. The molecule has 2 aromatic carbocycles. The number of carbonyl (C=O) groups excluding carboxylic acids is 3. The highest BCUT2D eigenvalue weighted by molar-refractivity contribution is 6.30. The molecule has 1 amide bonds. The molecule has 7 nitrogen and oxygen atoms in total. The predicted octanol–water partition coefficient (Wildman–Crippen LogP) is 3.47. The molecule has 0 spiro atoms. The number of rotatable bonds is 9. The van der Waals surface area contributed by atoms with Crippen LogP contribution in [-0.2, 0) is 19.1 Å². The van der Waals surface area contributed by atoms with Crippen LogP contribution in [0.5, 0.6) is 5.75 Å². The molecule has 28 heavy (non-hydrogen) atoms. The highest BCUT2D eigenvalue weighted by Crippen LogP contribution is 2.17. The van der Waals surface area contributed by atoms with Crippen LogP contribution in [-0.4, -0.2) is 37.7 Å². The van der Waals surface area contributed by atoms with Gasteiger partial charge in [-0.3, -0.25) is 4.79 Å². The number of anilines is 1. The van der Waals surface area contributed by atoms with Crippen molar-refractivity contribution in [3.8, 4) is 5.75 Å². The van der Waals surface area contributed by atoms with Crippen LogP contribution >= 0.6 is 11.6 Å². The third kappa shape index (κ3) is 7.28. The van der Waals surface area contributed by atoms with Gasteiger partial charge < -0.3 is 19.5 Å². The Morgan fingerprint density at radius 1 is 1.00 bits per heavy atom. The molecule has 0 aromatic heterocycles. The van der Waals surface area contributed by atoms with Crippen LogP contribution in [0, 0.1) is 0 Å². The zero-order chi connectivity index (χ0) is 20.4. The highest BCUT2D eigenvalue weighted by atomic mass is 35.5.